The van der Waals surface area contributed by atoms with E-state index < -0.39 is 6.08 Å². The highest BCUT2D eigenvalue weighted by Crippen LogP contribution is 2.42. The van der Waals surface area contributed by atoms with E-state index in [0.29, 0.717) is 12.3 Å². The maximum atomic E-state index is 12.0. The van der Waals surface area contributed by atoms with Crippen molar-refractivity contribution >= 4 is 0 Å². The fourth-order valence-corrected chi connectivity index (χ4v) is 4.13. The van der Waals surface area contributed by atoms with E-state index in [1.807, 2.05) is 0 Å². The Kier molecular flexibility index (Phi) is 5.84. The van der Waals surface area contributed by atoms with Gasteiger partial charge in [0, 0.05) is 0 Å². The van der Waals surface area contributed by atoms with Gasteiger partial charge in [-0.25, -0.2) is 0 Å². The van der Waals surface area contributed by atoms with Crippen molar-refractivity contribution < 1.29 is 8.78 Å². The van der Waals surface area contributed by atoms with Crippen molar-refractivity contribution in [3.05, 3.63) is 12.2 Å². The first-order chi connectivity index (χ1) is 9.15. The van der Waals surface area contributed by atoms with E-state index in [1.54, 1.807) is 0 Å². The summed E-state index contributed by atoms with van der Waals surface area (Å²) in [5, 5.41) is 0. The highest BCUT2D eigenvalue weighted by molar-refractivity contribution is 4.84. The number of rotatable bonds is 4. The molecule has 0 aromatic rings. The number of halogens is 2. The monoisotopic (exact) mass is 270 g/mol. The molecule has 0 radical (unpaired) electrons. The molecule has 0 N–H and O–H groups in total. The topological polar surface area (TPSA) is 0 Å². The van der Waals surface area contributed by atoms with Crippen molar-refractivity contribution in [2.24, 2.45) is 23.7 Å². The molecule has 0 aromatic heterocycles. The van der Waals surface area contributed by atoms with Crippen LogP contribution in [0.2, 0.25) is 0 Å². The molecule has 0 nitrogen and oxygen atoms in total. The second kappa shape index (κ2) is 7.40. The second-order valence-corrected chi connectivity index (χ2v) is 6.87. The lowest BCUT2D eigenvalue weighted by Gasteiger charge is -2.37. The molecular weight excluding hydrogens is 242 g/mol. The third-order valence-corrected chi connectivity index (χ3v) is 5.49. The van der Waals surface area contributed by atoms with E-state index in [0.717, 1.165) is 30.3 Å². The van der Waals surface area contributed by atoms with Crippen LogP contribution in [0.3, 0.4) is 0 Å². The highest BCUT2D eigenvalue weighted by Gasteiger charge is 2.29. The van der Waals surface area contributed by atoms with E-state index in [1.165, 1.54) is 51.4 Å². The first kappa shape index (κ1) is 15.0. The van der Waals surface area contributed by atoms with Crippen LogP contribution in [-0.4, -0.2) is 0 Å². The molecular formula is C17H28F2. The fraction of sp³-hybridized carbons (Fsp3) is 0.882. The molecule has 2 aliphatic rings. The largest absolute Gasteiger partial charge is 0.266 e. The fourth-order valence-electron chi connectivity index (χ4n) is 4.13. The summed E-state index contributed by atoms with van der Waals surface area (Å²) in [6.45, 7) is 2.38. The molecule has 0 aromatic carbocycles. The Labute approximate surface area is 116 Å². The molecule has 2 saturated carbocycles. The molecule has 0 aliphatic heterocycles. The Morgan fingerprint density at radius 3 is 1.95 bits per heavy atom. The van der Waals surface area contributed by atoms with Gasteiger partial charge >= 0.3 is 0 Å². The lowest BCUT2D eigenvalue weighted by Crippen LogP contribution is -2.25. The van der Waals surface area contributed by atoms with Gasteiger partial charge in [0.2, 0.25) is 0 Å². The van der Waals surface area contributed by atoms with Gasteiger partial charge in [0.05, 0.1) is 0 Å². The minimum absolute atomic E-state index is 0.568. The molecule has 0 spiro atoms. The first-order valence-corrected chi connectivity index (χ1v) is 8.16. The third kappa shape index (κ3) is 4.89. The SMILES string of the molecule is C[C@H]1CC[C@H]([C@H]2CC[C@H](CCC=C(F)F)CC2)CC1. The van der Waals surface area contributed by atoms with Crippen molar-refractivity contribution in [2.45, 2.75) is 71.1 Å². The minimum atomic E-state index is -1.51. The average Bonchev–Trinajstić information content (AvgIpc) is 2.40. The van der Waals surface area contributed by atoms with E-state index in [-0.39, 0.29) is 0 Å². The number of hydrogen-bond donors (Lipinski definition) is 0. The molecule has 0 unspecified atom stereocenters. The summed E-state index contributed by atoms with van der Waals surface area (Å²) in [6, 6.07) is 0. The lowest BCUT2D eigenvalue weighted by molar-refractivity contribution is 0.148. The van der Waals surface area contributed by atoms with E-state index in [4.69, 9.17) is 0 Å². The zero-order valence-corrected chi connectivity index (χ0v) is 12.2. The van der Waals surface area contributed by atoms with Crippen LogP contribution in [-0.2, 0) is 0 Å². The van der Waals surface area contributed by atoms with Crippen LogP contribution in [0.25, 0.3) is 0 Å². The number of allylic oxidation sites excluding steroid dienone is 1. The van der Waals surface area contributed by atoms with Crippen LogP contribution in [0.15, 0.2) is 12.2 Å². The summed E-state index contributed by atoms with van der Waals surface area (Å²) in [5.74, 6) is 3.56. The Bertz CT molecular complexity index is 278. The van der Waals surface area contributed by atoms with Gasteiger partial charge in [0.25, 0.3) is 6.08 Å². The molecule has 0 amide bonds. The minimum Gasteiger partial charge on any atom is -0.174 e. The normalized spacial score (nSPS) is 35.9. The van der Waals surface area contributed by atoms with Crippen LogP contribution in [0.5, 0.6) is 0 Å². The van der Waals surface area contributed by atoms with Gasteiger partial charge in [-0.05, 0) is 68.3 Å². The molecule has 2 rings (SSSR count). The lowest BCUT2D eigenvalue weighted by atomic mass is 9.69. The third-order valence-electron chi connectivity index (χ3n) is 5.49. The van der Waals surface area contributed by atoms with Gasteiger partial charge in [-0.1, -0.05) is 32.6 Å². The summed E-state index contributed by atoms with van der Waals surface area (Å²) >= 11 is 0. The zero-order chi connectivity index (χ0) is 13.7. The Morgan fingerprint density at radius 2 is 1.42 bits per heavy atom. The van der Waals surface area contributed by atoms with Crippen LogP contribution in [0.4, 0.5) is 8.78 Å². The van der Waals surface area contributed by atoms with Crippen LogP contribution >= 0.6 is 0 Å². The van der Waals surface area contributed by atoms with Crippen molar-refractivity contribution in [1.82, 2.24) is 0 Å². The molecule has 0 heterocycles. The first-order valence-electron chi connectivity index (χ1n) is 8.16. The summed E-state index contributed by atoms with van der Waals surface area (Å²) < 4.78 is 24.0. The van der Waals surface area contributed by atoms with Crippen LogP contribution in [0.1, 0.15) is 71.1 Å². The Hall–Kier alpha value is -0.400. The van der Waals surface area contributed by atoms with Gasteiger partial charge in [-0.2, -0.15) is 8.78 Å². The van der Waals surface area contributed by atoms with Crippen molar-refractivity contribution in [3.63, 3.8) is 0 Å². The number of hydrogen-bond acceptors (Lipinski definition) is 0. The maximum Gasteiger partial charge on any atom is 0.266 e. The maximum absolute atomic E-state index is 12.0. The molecule has 110 valence electrons. The van der Waals surface area contributed by atoms with Gasteiger partial charge in [-0.3, -0.25) is 0 Å². The predicted octanol–water partition coefficient (Wildman–Crippen LogP) is 6.18. The summed E-state index contributed by atoms with van der Waals surface area (Å²) in [7, 11) is 0. The molecule has 0 saturated heterocycles. The van der Waals surface area contributed by atoms with Gasteiger partial charge in [-0.15, -0.1) is 0 Å². The summed E-state index contributed by atoms with van der Waals surface area (Å²) in [6.07, 6.45) is 12.1. The Morgan fingerprint density at radius 1 is 0.895 bits per heavy atom. The van der Waals surface area contributed by atoms with Gasteiger partial charge in [0.15, 0.2) is 0 Å². The smallest absolute Gasteiger partial charge is 0.174 e. The quantitative estimate of drug-likeness (QED) is 0.572. The van der Waals surface area contributed by atoms with Crippen LogP contribution in [0, 0.1) is 23.7 Å². The average molecular weight is 270 g/mol. The zero-order valence-electron chi connectivity index (χ0n) is 12.2. The van der Waals surface area contributed by atoms with E-state index in [2.05, 4.69) is 6.92 Å². The second-order valence-electron chi connectivity index (χ2n) is 6.87. The molecule has 2 heteroatoms. The highest BCUT2D eigenvalue weighted by atomic mass is 19.3. The van der Waals surface area contributed by atoms with Crippen molar-refractivity contribution in [3.8, 4) is 0 Å². The van der Waals surface area contributed by atoms with Gasteiger partial charge < -0.3 is 0 Å². The molecule has 2 fully saturated rings. The van der Waals surface area contributed by atoms with Crippen molar-refractivity contribution in [2.75, 3.05) is 0 Å². The Balaban J connectivity index is 1.66. The standard InChI is InChI=1S/C17H28F2/c1-13-5-9-15(10-6-13)16-11-7-14(8-12-16)3-2-4-17(18)19/h4,13-16H,2-3,5-12H2,1H3/t13-,14-,15-,16-. The van der Waals surface area contributed by atoms with Gasteiger partial charge in [0.1, 0.15) is 0 Å². The molecule has 19 heavy (non-hydrogen) atoms. The van der Waals surface area contributed by atoms with E-state index in [9.17, 15) is 8.78 Å². The predicted molar refractivity (Wildman–Crippen MR) is 76.1 cm³/mol. The molecule has 2 aliphatic carbocycles. The molecule has 0 atom stereocenters. The summed E-state index contributed by atoms with van der Waals surface area (Å²) in [4.78, 5) is 0. The van der Waals surface area contributed by atoms with Crippen LogP contribution < -0.4 is 0 Å². The van der Waals surface area contributed by atoms with E-state index >= 15 is 0 Å². The summed E-state index contributed by atoms with van der Waals surface area (Å²) in [5.41, 5.74) is 0. The molecule has 0 bridgehead atoms. The van der Waals surface area contributed by atoms with Crippen molar-refractivity contribution in [1.29, 1.82) is 0 Å².